The minimum atomic E-state index is 0.417. The van der Waals surface area contributed by atoms with Crippen LogP contribution in [0.25, 0.3) is 0 Å². The maximum absolute atomic E-state index is 6.07. The van der Waals surface area contributed by atoms with E-state index in [-0.39, 0.29) is 0 Å². The second-order valence-electron chi connectivity index (χ2n) is 3.73. The summed E-state index contributed by atoms with van der Waals surface area (Å²) in [5, 5.41) is 0.740. The molecule has 66 valence electrons. The third-order valence-corrected chi connectivity index (χ3v) is 3.92. The molecule has 11 heavy (non-hydrogen) atoms. The Morgan fingerprint density at radius 3 is 2.55 bits per heavy atom. The Morgan fingerprint density at radius 1 is 1.36 bits per heavy atom. The van der Waals surface area contributed by atoms with E-state index in [0.29, 0.717) is 12.0 Å². The molecule has 0 radical (unpaired) electrons. The van der Waals surface area contributed by atoms with E-state index in [1.807, 2.05) is 0 Å². The molecular weight excluding hydrogens is 154 g/mol. The topological polar surface area (TPSA) is 26.0 Å². The van der Waals surface area contributed by atoms with Gasteiger partial charge in [0.25, 0.3) is 0 Å². The van der Waals surface area contributed by atoms with Gasteiger partial charge in [-0.2, -0.15) is 11.8 Å². The van der Waals surface area contributed by atoms with Gasteiger partial charge in [-0.25, -0.2) is 0 Å². The molecule has 1 aliphatic rings. The van der Waals surface area contributed by atoms with Crippen LogP contribution in [0.3, 0.4) is 0 Å². The van der Waals surface area contributed by atoms with E-state index >= 15 is 0 Å². The molecule has 0 amide bonds. The van der Waals surface area contributed by atoms with Crippen molar-refractivity contribution in [1.82, 2.24) is 0 Å². The maximum Gasteiger partial charge on any atom is 0.0201 e. The Bertz CT molecular complexity index is 108. The molecule has 2 N–H and O–H groups in total. The zero-order valence-electron chi connectivity index (χ0n) is 7.55. The van der Waals surface area contributed by atoms with E-state index in [0.717, 1.165) is 5.25 Å². The monoisotopic (exact) mass is 173 g/mol. The molecule has 1 nitrogen and oxygen atoms in total. The van der Waals surface area contributed by atoms with Crippen molar-refractivity contribution in [3.63, 3.8) is 0 Å². The van der Waals surface area contributed by atoms with Crippen molar-refractivity contribution >= 4 is 11.8 Å². The van der Waals surface area contributed by atoms with Crippen LogP contribution < -0.4 is 5.73 Å². The molecule has 2 heteroatoms. The van der Waals surface area contributed by atoms with Gasteiger partial charge in [0.05, 0.1) is 0 Å². The molecule has 0 saturated carbocycles. The summed E-state index contributed by atoms with van der Waals surface area (Å²) < 4.78 is 0. The van der Waals surface area contributed by atoms with Crippen molar-refractivity contribution in [2.75, 3.05) is 5.75 Å². The van der Waals surface area contributed by atoms with Crippen molar-refractivity contribution in [2.24, 2.45) is 11.7 Å². The van der Waals surface area contributed by atoms with Gasteiger partial charge in [-0.1, -0.05) is 20.3 Å². The largest absolute Gasteiger partial charge is 0.326 e. The molecule has 1 heterocycles. The predicted molar refractivity (Wildman–Crippen MR) is 52.9 cm³/mol. The highest BCUT2D eigenvalue weighted by Crippen LogP contribution is 2.28. The standard InChI is InChI=1S/C9H19NS/c1-7(2)9(10)8-5-3-4-6-11-8/h7-9H,3-6,10H2,1-2H3. The highest BCUT2D eigenvalue weighted by molar-refractivity contribution is 8.00. The lowest BCUT2D eigenvalue weighted by Crippen LogP contribution is -2.38. The molecule has 1 rings (SSSR count). The average molecular weight is 173 g/mol. The molecule has 0 aliphatic carbocycles. The molecular formula is C9H19NS. The molecule has 1 aliphatic heterocycles. The van der Waals surface area contributed by atoms with Crippen LogP contribution in [-0.4, -0.2) is 17.0 Å². The Kier molecular flexibility index (Phi) is 3.73. The summed E-state index contributed by atoms with van der Waals surface area (Å²) in [4.78, 5) is 0. The summed E-state index contributed by atoms with van der Waals surface area (Å²) >= 11 is 2.07. The van der Waals surface area contributed by atoms with Gasteiger partial charge in [0.1, 0.15) is 0 Å². The summed E-state index contributed by atoms with van der Waals surface area (Å²) in [6.45, 7) is 4.44. The van der Waals surface area contributed by atoms with E-state index < -0.39 is 0 Å². The van der Waals surface area contributed by atoms with Gasteiger partial charge in [-0.15, -0.1) is 0 Å². The van der Waals surface area contributed by atoms with Crippen LogP contribution in [0.2, 0.25) is 0 Å². The highest BCUT2D eigenvalue weighted by atomic mass is 32.2. The fourth-order valence-corrected chi connectivity index (χ4v) is 3.04. The van der Waals surface area contributed by atoms with Crippen molar-refractivity contribution in [1.29, 1.82) is 0 Å². The minimum absolute atomic E-state index is 0.417. The number of rotatable bonds is 2. The first kappa shape index (κ1) is 9.40. The predicted octanol–water partition coefficient (Wildman–Crippen LogP) is 2.26. The van der Waals surface area contributed by atoms with Crippen LogP contribution >= 0.6 is 11.8 Å². The Hall–Kier alpha value is 0.310. The van der Waals surface area contributed by atoms with Crippen molar-refractivity contribution < 1.29 is 0 Å². The second-order valence-corrected chi connectivity index (χ2v) is 5.07. The first-order valence-electron chi connectivity index (χ1n) is 4.59. The van der Waals surface area contributed by atoms with Gasteiger partial charge in [0.15, 0.2) is 0 Å². The molecule has 0 bridgehead atoms. The molecule has 1 saturated heterocycles. The van der Waals surface area contributed by atoms with Gasteiger partial charge in [0, 0.05) is 11.3 Å². The molecule has 2 unspecified atom stereocenters. The van der Waals surface area contributed by atoms with Gasteiger partial charge >= 0.3 is 0 Å². The second kappa shape index (κ2) is 4.36. The normalized spacial score (nSPS) is 28.9. The summed E-state index contributed by atoms with van der Waals surface area (Å²) in [7, 11) is 0. The first-order chi connectivity index (χ1) is 5.22. The van der Waals surface area contributed by atoms with E-state index in [1.54, 1.807) is 0 Å². The summed E-state index contributed by atoms with van der Waals surface area (Å²) in [6.07, 6.45) is 4.12. The van der Waals surface area contributed by atoms with Crippen LogP contribution in [0.1, 0.15) is 33.1 Å². The number of thioether (sulfide) groups is 1. The fraction of sp³-hybridized carbons (Fsp3) is 1.00. The lowest BCUT2D eigenvalue weighted by atomic mass is 9.98. The Morgan fingerprint density at radius 2 is 2.09 bits per heavy atom. The van der Waals surface area contributed by atoms with Crippen LogP contribution in [0.5, 0.6) is 0 Å². The molecule has 0 spiro atoms. The quantitative estimate of drug-likeness (QED) is 0.693. The summed E-state index contributed by atoms with van der Waals surface area (Å²) in [5.41, 5.74) is 6.07. The number of hydrogen-bond acceptors (Lipinski definition) is 2. The molecule has 2 atom stereocenters. The van der Waals surface area contributed by atoms with Gasteiger partial charge < -0.3 is 5.73 Å². The third kappa shape index (κ3) is 2.68. The Balaban J connectivity index is 2.32. The minimum Gasteiger partial charge on any atom is -0.326 e. The third-order valence-electron chi connectivity index (χ3n) is 2.41. The molecule has 0 aromatic heterocycles. The number of hydrogen-bond donors (Lipinski definition) is 1. The van der Waals surface area contributed by atoms with Crippen molar-refractivity contribution in [2.45, 2.75) is 44.4 Å². The first-order valence-corrected chi connectivity index (χ1v) is 5.64. The lowest BCUT2D eigenvalue weighted by molar-refractivity contribution is 0.450. The van der Waals surface area contributed by atoms with E-state index in [4.69, 9.17) is 5.73 Å². The fourth-order valence-electron chi connectivity index (χ4n) is 1.50. The van der Waals surface area contributed by atoms with Crippen LogP contribution in [-0.2, 0) is 0 Å². The lowest BCUT2D eigenvalue weighted by Gasteiger charge is -2.29. The molecule has 0 aromatic carbocycles. The maximum atomic E-state index is 6.07. The van der Waals surface area contributed by atoms with Crippen LogP contribution in [0, 0.1) is 5.92 Å². The average Bonchev–Trinajstić information content (AvgIpc) is 2.05. The molecule has 1 fully saturated rings. The zero-order valence-corrected chi connectivity index (χ0v) is 8.36. The van der Waals surface area contributed by atoms with Crippen molar-refractivity contribution in [3.8, 4) is 0 Å². The Labute approximate surface area is 74.1 Å². The molecule has 0 aromatic rings. The van der Waals surface area contributed by atoms with E-state index in [2.05, 4.69) is 25.6 Å². The SMILES string of the molecule is CC(C)C(N)C1CCCCS1. The summed E-state index contributed by atoms with van der Waals surface area (Å²) in [6, 6.07) is 0.417. The van der Waals surface area contributed by atoms with Gasteiger partial charge in [-0.05, 0) is 24.5 Å². The van der Waals surface area contributed by atoms with E-state index in [1.165, 1.54) is 25.0 Å². The summed E-state index contributed by atoms with van der Waals surface area (Å²) in [5.74, 6) is 1.97. The van der Waals surface area contributed by atoms with Gasteiger partial charge in [0.2, 0.25) is 0 Å². The van der Waals surface area contributed by atoms with Gasteiger partial charge in [-0.3, -0.25) is 0 Å². The number of nitrogens with two attached hydrogens (primary N) is 1. The van der Waals surface area contributed by atoms with E-state index in [9.17, 15) is 0 Å². The smallest absolute Gasteiger partial charge is 0.0201 e. The highest BCUT2D eigenvalue weighted by Gasteiger charge is 2.22. The van der Waals surface area contributed by atoms with Crippen molar-refractivity contribution in [3.05, 3.63) is 0 Å². The van der Waals surface area contributed by atoms with Crippen LogP contribution in [0.15, 0.2) is 0 Å². The zero-order chi connectivity index (χ0) is 8.27. The van der Waals surface area contributed by atoms with Crippen LogP contribution in [0.4, 0.5) is 0 Å².